The number of hydrogen-bond donors (Lipinski definition) is 1. The lowest BCUT2D eigenvalue weighted by molar-refractivity contribution is -0.0186. The van der Waals surface area contributed by atoms with Gasteiger partial charge in [0.05, 0.1) is 11.3 Å². The average Bonchev–Trinajstić information content (AvgIpc) is 2.58. The minimum atomic E-state index is -0.897. The molecule has 0 aliphatic rings. The molecule has 0 bridgehead atoms. The molecular formula is C19H21ClN4O3. The molecule has 2 N–H and O–H groups in total. The Morgan fingerprint density at radius 2 is 2.11 bits per heavy atom. The Hall–Kier alpha value is -2.85. The van der Waals surface area contributed by atoms with Crippen molar-refractivity contribution >= 4 is 17.7 Å². The van der Waals surface area contributed by atoms with Gasteiger partial charge in [0, 0.05) is 11.6 Å². The highest BCUT2D eigenvalue weighted by molar-refractivity contribution is 6.29. The first-order valence-corrected chi connectivity index (χ1v) is 8.73. The molecular weight excluding hydrogens is 368 g/mol. The van der Waals surface area contributed by atoms with E-state index >= 15 is 0 Å². The first-order chi connectivity index (χ1) is 12.7. The van der Waals surface area contributed by atoms with E-state index in [9.17, 15) is 10.1 Å². The fourth-order valence-corrected chi connectivity index (χ4v) is 3.01. The zero-order chi connectivity index (χ0) is 20.0. The summed E-state index contributed by atoms with van der Waals surface area (Å²) >= 11 is 5.89. The molecule has 1 heterocycles. The second-order valence-corrected chi connectivity index (χ2v) is 7.19. The molecule has 1 aromatic carbocycles. The van der Waals surface area contributed by atoms with Crippen LogP contribution in [0.15, 0.2) is 30.6 Å². The van der Waals surface area contributed by atoms with Gasteiger partial charge in [-0.3, -0.25) is 0 Å². The van der Waals surface area contributed by atoms with Gasteiger partial charge in [0.2, 0.25) is 0 Å². The van der Waals surface area contributed by atoms with Crippen LogP contribution in [0.4, 0.5) is 4.79 Å². The number of ether oxygens (including phenoxy) is 2. The molecule has 2 rings (SSSR count). The van der Waals surface area contributed by atoms with Gasteiger partial charge in [0.1, 0.15) is 35.5 Å². The predicted octanol–water partition coefficient (Wildman–Crippen LogP) is 3.95. The number of halogens is 1. The van der Waals surface area contributed by atoms with Gasteiger partial charge in [-0.15, -0.1) is 0 Å². The molecule has 7 nitrogen and oxygen atoms in total. The largest absolute Gasteiger partial charge is 0.488 e. The van der Waals surface area contributed by atoms with E-state index in [4.69, 9.17) is 26.8 Å². The molecule has 1 atom stereocenters. The van der Waals surface area contributed by atoms with Gasteiger partial charge in [0.25, 0.3) is 0 Å². The van der Waals surface area contributed by atoms with Crippen LogP contribution in [0.25, 0.3) is 11.3 Å². The van der Waals surface area contributed by atoms with E-state index in [0.717, 1.165) is 0 Å². The Labute approximate surface area is 163 Å². The summed E-state index contributed by atoms with van der Waals surface area (Å²) in [7, 11) is 0. The Bertz CT molecular complexity index is 866. The summed E-state index contributed by atoms with van der Waals surface area (Å²) in [6.45, 7) is 5.83. The first-order valence-electron chi connectivity index (χ1n) is 8.36. The zero-order valence-corrected chi connectivity index (χ0v) is 16.2. The lowest BCUT2D eigenvalue weighted by Gasteiger charge is -2.30. The van der Waals surface area contributed by atoms with Crippen LogP contribution in [0.2, 0.25) is 5.15 Å². The molecule has 8 heteroatoms. The number of hydrogen-bond acceptors (Lipinski definition) is 6. The van der Waals surface area contributed by atoms with E-state index in [1.165, 1.54) is 6.33 Å². The first kappa shape index (κ1) is 20.5. The number of nitrogens with zero attached hydrogens (tertiary/aromatic N) is 3. The van der Waals surface area contributed by atoms with Gasteiger partial charge in [0.15, 0.2) is 0 Å². The summed E-state index contributed by atoms with van der Waals surface area (Å²) < 4.78 is 11.0. The minimum absolute atomic E-state index is 0.0709. The van der Waals surface area contributed by atoms with Crippen LogP contribution in [0.3, 0.4) is 0 Å². The van der Waals surface area contributed by atoms with Crippen LogP contribution < -0.4 is 10.5 Å². The Morgan fingerprint density at radius 1 is 1.37 bits per heavy atom. The number of carbonyl (C=O) groups is 1. The fourth-order valence-electron chi connectivity index (χ4n) is 2.86. The van der Waals surface area contributed by atoms with E-state index in [1.54, 1.807) is 31.2 Å². The molecule has 0 saturated carbocycles. The second-order valence-electron chi connectivity index (χ2n) is 6.81. The number of aromatic nitrogens is 2. The van der Waals surface area contributed by atoms with E-state index in [1.807, 2.05) is 13.8 Å². The second kappa shape index (κ2) is 8.69. The quantitative estimate of drug-likeness (QED) is 0.719. The number of nitrogens with two attached hydrogens (primary N) is 1. The summed E-state index contributed by atoms with van der Waals surface area (Å²) in [5.41, 5.74) is 5.92. The van der Waals surface area contributed by atoms with Crippen molar-refractivity contribution in [2.75, 3.05) is 6.61 Å². The normalized spacial score (nSPS) is 12.9. The predicted molar refractivity (Wildman–Crippen MR) is 101 cm³/mol. The molecule has 2 aromatic rings. The van der Waals surface area contributed by atoms with Gasteiger partial charge in [-0.2, -0.15) is 5.26 Å². The van der Waals surface area contributed by atoms with Crippen LogP contribution in [-0.2, 0) is 4.74 Å². The van der Waals surface area contributed by atoms with E-state index < -0.39 is 11.7 Å². The van der Waals surface area contributed by atoms with Gasteiger partial charge in [-0.1, -0.05) is 25.4 Å². The maximum Gasteiger partial charge on any atom is 0.405 e. The number of amides is 1. The van der Waals surface area contributed by atoms with Crippen molar-refractivity contribution in [2.45, 2.75) is 32.8 Å². The monoisotopic (exact) mass is 388 g/mol. The van der Waals surface area contributed by atoms with Crippen LogP contribution in [0.1, 0.15) is 32.8 Å². The number of carbonyl (C=O) groups excluding carboxylic acids is 1. The standard InChI is InChI=1S/C19H21ClN4O3/c1-12(2)8-19(3,27-18(22)25)10-26-16-5-4-13(6-14(16)9-21)15-7-17(20)24-11-23-15/h4-7,11-12H,8,10H2,1-3H3,(H2,22,25). The molecule has 0 spiro atoms. The lowest BCUT2D eigenvalue weighted by Crippen LogP contribution is -2.41. The molecule has 0 fully saturated rings. The van der Waals surface area contributed by atoms with Crippen molar-refractivity contribution in [3.63, 3.8) is 0 Å². The number of nitriles is 1. The Kier molecular flexibility index (Phi) is 6.59. The third-order valence-electron chi connectivity index (χ3n) is 3.75. The summed E-state index contributed by atoms with van der Waals surface area (Å²) in [6, 6.07) is 8.81. The van der Waals surface area contributed by atoms with Crippen molar-refractivity contribution in [1.29, 1.82) is 5.26 Å². The molecule has 0 aliphatic carbocycles. The van der Waals surface area contributed by atoms with E-state index in [0.29, 0.717) is 34.1 Å². The zero-order valence-electron chi connectivity index (χ0n) is 15.4. The molecule has 0 aliphatic heterocycles. The lowest BCUT2D eigenvalue weighted by atomic mass is 9.95. The Morgan fingerprint density at radius 3 is 2.70 bits per heavy atom. The van der Waals surface area contributed by atoms with Crippen LogP contribution >= 0.6 is 11.6 Å². The highest BCUT2D eigenvalue weighted by Gasteiger charge is 2.30. The number of rotatable bonds is 7. The van der Waals surface area contributed by atoms with Crippen molar-refractivity contribution in [3.8, 4) is 23.1 Å². The van der Waals surface area contributed by atoms with Gasteiger partial charge >= 0.3 is 6.09 Å². The van der Waals surface area contributed by atoms with E-state index in [-0.39, 0.29) is 12.5 Å². The SMILES string of the molecule is CC(C)CC(C)(COc1ccc(-c2cc(Cl)ncn2)cc1C#N)OC(N)=O. The van der Waals surface area contributed by atoms with Gasteiger partial charge in [-0.25, -0.2) is 14.8 Å². The average molecular weight is 389 g/mol. The third kappa shape index (κ3) is 5.83. The topological polar surface area (TPSA) is 111 Å². The molecule has 27 heavy (non-hydrogen) atoms. The molecule has 142 valence electrons. The van der Waals surface area contributed by atoms with Crippen LogP contribution in [-0.4, -0.2) is 28.3 Å². The van der Waals surface area contributed by atoms with E-state index in [2.05, 4.69) is 16.0 Å². The summed E-state index contributed by atoms with van der Waals surface area (Å²) in [5.74, 6) is 0.641. The van der Waals surface area contributed by atoms with Gasteiger partial charge in [-0.05, 0) is 37.5 Å². The number of benzene rings is 1. The minimum Gasteiger partial charge on any atom is -0.488 e. The highest BCUT2D eigenvalue weighted by atomic mass is 35.5. The van der Waals surface area contributed by atoms with Crippen LogP contribution in [0, 0.1) is 17.2 Å². The molecule has 1 amide bonds. The maximum absolute atomic E-state index is 11.2. The fraction of sp³-hybridized carbons (Fsp3) is 0.368. The third-order valence-corrected chi connectivity index (χ3v) is 3.96. The summed E-state index contributed by atoms with van der Waals surface area (Å²) in [5, 5.41) is 9.78. The van der Waals surface area contributed by atoms with Gasteiger partial charge < -0.3 is 15.2 Å². The van der Waals surface area contributed by atoms with Crippen molar-refractivity contribution in [2.24, 2.45) is 11.7 Å². The molecule has 1 unspecified atom stereocenters. The van der Waals surface area contributed by atoms with Crippen molar-refractivity contribution < 1.29 is 14.3 Å². The summed E-state index contributed by atoms with van der Waals surface area (Å²) in [4.78, 5) is 19.2. The molecule has 0 radical (unpaired) electrons. The molecule has 0 saturated heterocycles. The molecule has 1 aromatic heterocycles. The Balaban J connectivity index is 2.23. The number of primary amides is 1. The maximum atomic E-state index is 11.2. The highest BCUT2D eigenvalue weighted by Crippen LogP contribution is 2.28. The van der Waals surface area contributed by atoms with Crippen LogP contribution in [0.5, 0.6) is 5.75 Å². The van der Waals surface area contributed by atoms with Crippen molar-refractivity contribution in [1.82, 2.24) is 9.97 Å². The summed E-state index contributed by atoms with van der Waals surface area (Å²) in [6.07, 6.45) is 1.06. The van der Waals surface area contributed by atoms with Crippen molar-refractivity contribution in [3.05, 3.63) is 41.3 Å². The smallest absolute Gasteiger partial charge is 0.405 e.